The number of anilines is 1. The number of ether oxygens (including phenoxy) is 2. The molecule has 0 radical (unpaired) electrons. The first-order valence-corrected chi connectivity index (χ1v) is 10.5. The molecule has 29 heavy (non-hydrogen) atoms. The molecule has 1 aliphatic heterocycles. The number of hydrogen-bond acceptors (Lipinski definition) is 6. The molecule has 2 aromatic rings. The molecule has 2 aromatic carbocycles. The van der Waals surface area contributed by atoms with Crippen LogP contribution in [0.25, 0.3) is 0 Å². The number of rotatable bonds is 6. The van der Waals surface area contributed by atoms with E-state index in [0.29, 0.717) is 24.5 Å². The van der Waals surface area contributed by atoms with E-state index in [4.69, 9.17) is 9.47 Å². The largest absolute Gasteiger partial charge is 0.452 e. The van der Waals surface area contributed by atoms with E-state index in [9.17, 15) is 18.0 Å². The Labute approximate surface area is 169 Å². The highest BCUT2D eigenvalue weighted by atomic mass is 32.2. The lowest BCUT2D eigenvalue weighted by Crippen LogP contribution is -2.40. The zero-order chi connectivity index (χ0) is 20.9. The molecule has 0 aliphatic carbocycles. The van der Waals surface area contributed by atoms with E-state index < -0.39 is 28.5 Å². The van der Waals surface area contributed by atoms with Crippen molar-refractivity contribution in [3.63, 3.8) is 0 Å². The first-order valence-electron chi connectivity index (χ1n) is 9.08. The van der Waals surface area contributed by atoms with Crippen LogP contribution < -0.4 is 5.32 Å². The number of morpholine rings is 1. The number of sulfonamides is 1. The first-order chi connectivity index (χ1) is 13.9. The predicted molar refractivity (Wildman–Crippen MR) is 106 cm³/mol. The Morgan fingerprint density at radius 1 is 1.10 bits per heavy atom. The molecule has 0 unspecified atom stereocenters. The number of amides is 1. The number of nitrogens with zero attached hydrogens (tertiary/aromatic N) is 1. The van der Waals surface area contributed by atoms with Crippen molar-refractivity contribution >= 4 is 27.6 Å². The van der Waals surface area contributed by atoms with E-state index in [1.807, 2.05) is 6.07 Å². The van der Waals surface area contributed by atoms with Crippen molar-refractivity contribution in [2.75, 3.05) is 38.2 Å². The van der Waals surface area contributed by atoms with Crippen LogP contribution in [-0.4, -0.2) is 57.5 Å². The van der Waals surface area contributed by atoms with Gasteiger partial charge in [-0.2, -0.15) is 4.31 Å². The third-order valence-corrected chi connectivity index (χ3v) is 6.44. The summed E-state index contributed by atoms with van der Waals surface area (Å²) in [5, 5.41) is 2.61. The lowest BCUT2D eigenvalue weighted by molar-refractivity contribution is -0.119. The van der Waals surface area contributed by atoms with E-state index >= 15 is 0 Å². The number of benzene rings is 2. The van der Waals surface area contributed by atoms with Crippen LogP contribution in [0.2, 0.25) is 0 Å². The maximum Gasteiger partial charge on any atom is 0.338 e. The molecule has 1 saturated heterocycles. The van der Waals surface area contributed by atoms with Gasteiger partial charge in [0.15, 0.2) is 6.61 Å². The Kier molecular flexibility index (Phi) is 6.63. The predicted octanol–water partition coefficient (Wildman–Crippen LogP) is 1.81. The van der Waals surface area contributed by atoms with Gasteiger partial charge in [0.25, 0.3) is 5.91 Å². The van der Waals surface area contributed by atoms with Gasteiger partial charge in [-0.3, -0.25) is 4.79 Å². The fourth-order valence-corrected chi connectivity index (χ4v) is 4.52. The summed E-state index contributed by atoms with van der Waals surface area (Å²) in [7, 11) is -3.75. The second-order valence-corrected chi connectivity index (χ2v) is 8.39. The molecule has 0 atom stereocenters. The molecule has 1 aliphatic rings. The SMILES string of the molecule is Cc1ccc(C(=O)OCC(=O)Nc2ccccc2)cc1S(=O)(=O)N1CCOCC1. The van der Waals surface area contributed by atoms with E-state index in [0.717, 1.165) is 0 Å². The van der Waals surface area contributed by atoms with Crippen LogP contribution in [0.5, 0.6) is 0 Å². The molecule has 1 N–H and O–H groups in total. The summed E-state index contributed by atoms with van der Waals surface area (Å²) in [5.74, 6) is -1.26. The molecule has 0 spiro atoms. The van der Waals surface area contributed by atoms with Gasteiger partial charge in [0.1, 0.15) is 0 Å². The van der Waals surface area contributed by atoms with Gasteiger partial charge in [-0.25, -0.2) is 13.2 Å². The fraction of sp³-hybridized carbons (Fsp3) is 0.300. The monoisotopic (exact) mass is 418 g/mol. The number of hydrogen-bond donors (Lipinski definition) is 1. The Morgan fingerprint density at radius 2 is 1.79 bits per heavy atom. The normalized spacial score (nSPS) is 14.9. The van der Waals surface area contributed by atoms with Crippen molar-refractivity contribution in [2.45, 2.75) is 11.8 Å². The lowest BCUT2D eigenvalue weighted by atomic mass is 10.1. The Bertz CT molecular complexity index is 985. The van der Waals surface area contributed by atoms with E-state index in [2.05, 4.69) is 5.32 Å². The molecule has 9 heteroatoms. The van der Waals surface area contributed by atoms with Crippen LogP contribution in [0.1, 0.15) is 15.9 Å². The van der Waals surface area contributed by atoms with Crippen molar-refractivity contribution < 1.29 is 27.5 Å². The van der Waals surface area contributed by atoms with Gasteiger partial charge in [-0.15, -0.1) is 0 Å². The Morgan fingerprint density at radius 3 is 2.48 bits per heavy atom. The third-order valence-electron chi connectivity index (χ3n) is 4.40. The number of carbonyl (C=O) groups is 2. The van der Waals surface area contributed by atoms with Crippen LogP contribution in [0.15, 0.2) is 53.4 Å². The van der Waals surface area contributed by atoms with Gasteiger partial charge in [-0.05, 0) is 36.8 Å². The molecule has 0 saturated carbocycles. The van der Waals surface area contributed by atoms with Gasteiger partial charge >= 0.3 is 5.97 Å². The van der Waals surface area contributed by atoms with Crippen molar-refractivity contribution in [3.8, 4) is 0 Å². The van der Waals surface area contributed by atoms with Gasteiger partial charge in [0, 0.05) is 18.8 Å². The van der Waals surface area contributed by atoms with E-state index in [1.165, 1.54) is 16.4 Å². The second kappa shape index (κ2) is 9.17. The van der Waals surface area contributed by atoms with Crippen molar-refractivity contribution in [3.05, 3.63) is 59.7 Å². The zero-order valence-electron chi connectivity index (χ0n) is 16.0. The Hall–Kier alpha value is -2.75. The standard InChI is InChI=1S/C20H22N2O6S/c1-15-7-8-16(13-18(15)29(25,26)22-9-11-27-12-10-22)20(24)28-14-19(23)21-17-5-3-2-4-6-17/h2-8,13H,9-12,14H2,1H3,(H,21,23). The minimum absolute atomic E-state index is 0.0441. The molecule has 0 bridgehead atoms. The highest BCUT2D eigenvalue weighted by Crippen LogP contribution is 2.22. The van der Waals surface area contributed by atoms with Crippen molar-refractivity contribution in [1.29, 1.82) is 0 Å². The van der Waals surface area contributed by atoms with Crippen LogP contribution in [0.4, 0.5) is 5.69 Å². The maximum absolute atomic E-state index is 12.9. The molecule has 3 rings (SSSR count). The zero-order valence-corrected chi connectivity index (χ0v) is 16.8. The van der Waals surface area contributed by atoms with Crippen LogP contribution in [0, 0.1) is 6.92 Å². The van der Waals surface area contributed by atoms with Gasteiger partial charge in [0.05, 0.1) is 23.7 Å². The lowest BCUT2D eigenvalue weighted by Gasteiger charge is -2.26. The second-order valence-electron chi connectivity index (χ2n) is 6.49. The quantitative estimate of drug-likeness (QED) is 0.718. The van der Waals surface area contributed by atoms with Crippen LogP contribution >= 0.6 is 0 Å². The van der Waals surface area contributed by atoms with Gasteiger partial charge in [-0.1, -0.05) is 24.3 Å². The summed E-state index contributed by atoms with van der Waals surface area (Å²) in [6.45, 7) is 2.36. The fourth-order valence-electron chi connectivity index (χ4n) is 2.86. The van der Waals surface area contributed by atoms with Gasteiger partial charge < -0.3 is 14.8 Å². The summed E-state index contributed by atoms with van der Waals surface area (Å²) in [4.78, 5) is 24.3. The number of aryl methyl sites for hydroxylation is 1. The minimum Gasteiger partial charge on any atom is -0.452 e. The minimum atomic E-state index is -3.75. The number of esters is 1. The molecule has 8 nitrogen and oxygen atoms in total. The summed E-state index contributed by atoms with van der Waals surface area (Å²) in [6.07, 6.45) is 0. The molecule has 1 heterocycles. The molecule has 0 aromatic heterocycles. The first kappa shape index (κ1) is 21.0. The molecular weight excluding hydrogens is 396 g/mol. The highest BCUT2D eigenvalue weighted by molar-refractivity contribution is 7.89. The van der Waals surface area contributed by atoms with E-state index in [-0.39, 0.29) is 23.5 Å². The summed E-state index contributed by atoms with van der Waals surface area (Å²) < 4.78 is 37.4. The maximum atomic E-state index is 12.9. The Balaban J connectivity index is 1.68. The van der Waals surface area contributed by atoms with Crippen molar-refractivity contribution in [1.82, 2.24) is 4.31 Å². The average molecular weight is 418 g/mol. The smallest absolute Gasteiger partial charge is 0.338 e. The molecule has 1 fully saturated rings. The number of carbonyl (C=O) groups excluding carboxylic acids is 2. The van der Waals surface area contributed by atoms with E-state index in [1.54, 1.807) is 37.3 Å². The average Bonchev–Trinajstić information content (AvgIpc) is 2.73. The van der Waals surface area contributed by atoms with Crippen molar-refractivity contribution in [2.24, 2.45) is 0 Å². The van der Waals surface area contributed by atoms with Gasteiger partial charge in [0.2, 0.25) is 10.0 Å². The number of para-hydroxylation sites is 1. The summed E-state index contributed by atoms with van der Waals surface area (Å²) in [6, 6.07) is 13.1. The molecular formula is C20H22N2O6S. The molecule has 154 valence electrons. The highest BCUT2D eigenvalue weighted by Gasteiger charge is 2.28. The van der Waals surface area contributed by atoms with Crippen LogP contribution in [0.3, 0.4) is 0 Å². The van der Waals surface area contributed by atoms with Crippen LogP contribution in [-0.2, 0) is 24.3 Å². The third kappa shape index (κ3) is 5.20. The topological polar surface area (TPSA) is 102 Å². The summed E-state index contributed by atoms with van der Waals surface area (Å²) >= 11 is 0. The molecule has 1 amide bonds. The summed E-state index contributed by atoms with van der Waals surface area (Å²) in [5.41, 5.74) is 1.17. The number of nitrogens with one attached hydrogen (secondary N) is 1.